The van der Waals surface area contributed by atoms with E-state index in [1.165, 1.54) is 0 Å². The first-order chi connectivity index (χ1) is 9.16. The Bertz CT molecular complexity index is 564. The second-order valence-electron chi connectivity index (χ2n) is 4.05. The van der Waals surface area contributed by atoms with Crippen LogP contribution in [0.4, 0.5) is 0 Å². The third kappa shape index (κ3) is 3.81. The smallest absolute Gasteiger partial charge is 0.329 e. The van der Waals surface area contributed by atoms with Gasteiger partial charge in [-0.2, -0.15) is 0 Å². The highest BCUT2D eigenvalue weighted by Gasteiger charge is 2.05. The zero-order valence-electron chi connectivity index (χ0n) is 10.2. The van der Waals surface area contributed by atoms with E-state index in [-0.39, 0.29) is 13.2 Å². The normalized spacial score (nSPS) is 10.4. The Morgan fingerprint density at radius 2 is 1.79 bits per heavy atom. The van der Waals surface area contributed by atoms with Crippen LogP contribution < -0.4 is 0 Å². The maximum Gasteiger partial charge on any atom is 0.329 e. The first kappa shape index (κ1) is 13.6. The lowest BCUT2D eigenvalue weighted by atomic mass is 10.0. The Hall–Kier alpha value is -1.84. The molecule has 0 aliphatic rings. The third-order valence-electron chi connectivity index (χ3n) is 2.66. The molecule has 19 heavy (non-hydrogen) atoms. The molecule has 0 saturated heterocycles. The van der Waals surface area contributed by atoms with Gasteiger partial charge in [-0.1, -0.05) is 48.0 Å². The molecule has 0 fully saturated rings. The zero-order valence-corrected chi connectivity index (χ0v) is 10.9. The summed E-state index contributed by atoms with van der Waals surface area (Å²) in [5.41, 5.74) is 2.99. The minimum absolute atomic E-state index is 0.269. The van der Waals surface area contributed by atoms with Crippen molar-refractivity contribution in [2.45, 2.75) is 6.61 Å². The first-order valence-electron chi connectivity index (χ1n) is 5.80. The van der Waals surface area contributed by atoms with Gasteiger partial charge in [0, 0.05) is 5.02 Å². The van der Waals surface area contributed by atoms with Crippen molar-refractivity contribution in [2.75, 3.05) is 6.61 Å². The molecule has 0 heterocycles. The molecular weight excluding hydrogens is 264 g/mol. The third-order valence-corrected chi connectivity index (χ3v) is 2.91. The molecule has 2 rings (SSSR count). The molecule has 0 atom stereocenters. The van der Waals surface area contributed by atoms with Crippen LogP contribution in [0.1, 0.15) is 5.56 Å². The van der Waals surface area contributed by atoms with Crippen LogP contribution in [-0.4, -0.2) is 17.7 Å². The average Bonchev–Trinajstić information content (AvgIpc) is 2.40. The summed E-state index contributed by atoms with van der Waals surface area (Å²) < 4.78 is 5.14. The molecule has 0 amide bonds. The summed E-state index contributed by atoms with van der Waals surface area (Å²) in [5.74, 6) is -0.969. The number of aliphatic carboxylic acids is 1. The van der Waals surface area contributed by atoms with Gasteiger partial charge < -0.3 is 9.84 Å². The van der Waals surface area contributed by atoms with Crippen molar-refractivity contribution in [1.29, 1.82) is 0 Å². The number of rotatable bonds is 5. The monoisotopic (exact) mass is 276 g/mol. The summed E-state index contributed by atoms with van der Waals surface area (Å²) >= 11 is 5.87. The molecule has 2 aromatic rings. The number of hydrogen-bond acceptors (Lipinski definition) is 2. The maximum atomic E-state index is 10.4. The molecule has 98 valence electrons. The average molecular weight is 277 g/mol. The predicted octanol–water partition coefficient (Wildman–Crippen LogP) is 3.61. The van der Waals surface area contributed by atoms with E-state index in [2.05, 4.69) is 0 Å². The van der Waals surface area contributed by atoms with Gasteiger partial charge >= 0.3 is 5.97 Å². The number of benzene rings is 2. The van der Waals surface area contributed by atoms with Crippen LogP contribution in [0.3, 0.4) is 0 Å². The van der Waals surface area contributed by atoms with E-state index >= 15 is 0 Å². The number of carboxylic acid groups (broad SMARTS) is 1. The lowest BCUT2D eigenvalue weighted by Gasteiger charge is -2.09. The van der Waals surface area contributed by atoms with Crippen molar-refractivity contribution in [1.82, 2.24) is 0 Å². The van der Waals surface area contributed by atoms with Crippen molar-refractivity contribution in [3.05, 3.63) is 59.1 Å². The maximum absolute atomic E-state index is 10.4. The molecular formula is C15H13ClO3. The van der Waals surface area contributed by atoms with E-state index < -0.39 is 5.97 Å². The van der Waals surface area contributed by atoms with Gasteiger partial charge in [-0.25, -0.2) is 4.79 Å². The number of hydrogen-bond donors (Lipinski definition) is 1. The van der Waals surface area contributed by atoms with Gasteiger partial charge in [0.1, 0.15) is 6.61 Å². The van der Waals surface area contributed by atoms with E-state index in [1.807, 2.05) is 48.5 Å². The van der Waals surface area contributed by atoms with Gasteiger partial charge in [0.15, 0.2) is 0 Å². The summed E-state index contributed by atoms with van der Waals surface area (Å²) in [6, 6.07) is 15.2. The molecule has 0 bridgehead atoms. The highest BCUT2D eigenvalue weighted by molar-refractivity contribution is 6.30. The highest BCUT2D eigenvalue weighted by Crippen LogP contribution is 2.25. The summed E-state index contributed by atoms with van der Waals surface area (Å²) in [6.45, 7) is -0.0277. The molecule has 0 unspecified atom stereocenters. The molecule has 4 heteroatoms. The number of halogens is 1. The van der Waals surface area contributed by atoms with Crippen LogP contribution in [0.5, 0.6) is 0 Å². The second kappa shape index (κ2) is 6.36. The highest BCUT2D eigenvalue weighted by atomic mass is 35.5. The van der Waals surface area contributed by atoms with Gasteiger partial charge in [-0.3, -0.25) is 0 Å². The minimum atomic E-state index is -0.969. The largest absolute Gasteiger partial charge is 0.480 e. The standard InChI is InChI=1S/C15H13ClO3/c16-13-7-5-11(6-8-13)14-4-2-1-3-12(14)9-19-10-15(17)18/h1-8H,9-10H2,(H,17,18). The van der Waals surface area contributed by atoms with E-state index in [4.69, 9.17) is 21.4 Å². The Labute approximate surface area is 116 Å². The van der Waals surface area contributed by atoms with Gasteiger partial charge in [0.05, 0.1) is 6.61 Å². The van der Waals surface area contributed by atoms with Gasteiger partial charge in [0.25, 0.3) is 0 Å². The van der Waals surface area contributed by atoms with Crippen molar-refractivity contribution in [2.24, 2.45) is 0 Å². The molecule has 2 aromatic carbocycles. The van der Waals surface area contributed by atoms with Crippen LogP contribution in [0, 0.1) is 0 Å². The molecule has 0 aliphatic heterocycles. The summed E-state index contributed by atoms with van der Waals surface area (Å²) in [5, 5.41) is 9.25. The summed E-state index contributed by atoms with van der Waals surface area (Å²) in [4.78, 5) is 10.4. The van der Waals surface area contributed by atoms with Gasteiger partial charge in [-0.15, -0.1) is 0 Å². The SMILES string of the molecule is O=C(O)COCc1ccccc1-c1ccc(Cl)cc1. The first-order valence-corrected chi connectivity index (χ1v) is 6.18. The van der Waals surface area contributed by atoms with E-state index in [1.54, 1.807) is 0 Å². The fourth-order valence-electron chi connectivity index (χ4n) is 1.81. The summed E-state index contributed by atoms with van der Waals surface area (Å²) in [7, 11) is 0. The van der Waals surface area contributed by atoms with Crippen LogP contribution in [0.2, 0.25) is 5.02 Å². The van der Waals surface area contributed by atoms with E-state index in [9.17, 15) is 4.79 Å². The topological polar surface area (TPSA) is 46.5 Å². The van der Waals surface area contributed by atoms with Crippen molar-refractivity contribution < 1.29 is 14.6 Å². The van der Waals surface area contributed by atoms with Crippen LogP contribution in [-0.2, 0) is 16.1 Å². The Kier molecular flexibility index (Phi) is 4.55. The fourth-order valence-corrected chi connectivity index (χ4v) is 1.93. The zero-order chi connectivity index (χ0) is 13.7. The van der Waals surface area contributed by atoms with Crippen LogP contribution in [0.15, 0.2) is 48.5 Å². The number of carbonyl (C=O) groups is 1. The summed E-state index contributed by atoms with van der Waals surface area (Å²) in [6.07, 6.45) is 0. The molecule has 0 spiro atoms. The van der Waals surface area contributed by atoms with E-state index in [0.29, 0.717) is 5.02 Å². The minimum Gasteiger partial charge on any atom is -0.480 e. The lowest BCUT2D eigenvalue weighted by molar-refractivity contribution is -0.142. The molecule has 0 saturated carbocycles. The quantitative estimate of drug-likeness (QED) is 0.907. The molecule has 1 N–H and O–H groups in total. The Balaban J connectivity index is 2.20. The van der Waals surface area contributed by atoms with Crippen molar-refractivity contribution in [3.8, 4) is 11.1 Å². The predicted molar refractivity (Wildman–Crippen MR) is 74.2 cm³/mol. The lowest BCUT2D eigenvalue weighted by Crippen LogP contribution is -2.07. The Morgan fingerprint density at radius 3 is 2.47 bits per heavy atom. The Morgan fingerprint density at radius 1 is 1.11 bits per heavy atom. The molecule has 0 aromatic heterocycles. The van der Waals surface area contributed by atoms with Gasteiger partial charge in [-0.05, 0) is 28.8 Å². The molecule has 0 radical (unpaired) electrons. The number of ether oxygens (including phenoxy) is 1. The fraction of sp³-hybridized carbons (Fsp3) is 0.133. The number of carboxylic acids is 1. The van der Waals surface area contributed by atoms with E-state index in [0.717, 1.165) is 16.7 Å². The van der Waals surface area contributed by atoms with Crippen molar-refractivity contribution in [3.63, 3.8) is 0 Å². The van der Waals surface area contributed by atoms with Gasteiger partial charge in [0.2, 0.25) is 0 Å². The molecule has 3 nitrogen and oxygen atoms in total. The van der Waals surface area contributed by atoms with Crippen LogP contribution in [0.25, 0.3) is 11.1 Å². The second-order valence-corrected chi connectivity index (χ2v) is 4.49. The molecule has 0 aliphatic carbocycles. The van der Waals surface area contributed by atoms with Crippen LogP contribution >= 0.6 is 11.6 Å². The van der Waals surface area contributed by atoms with Crippen molar-refractivity contribution >= 4 is 17.6 Å².